The van der Waals surface area contributed by atoms with Gasteiger partial charge in [0.15, 0.2) is 0 Å². The lowest BCUT2D eigenvalue weighted by molar-refractivity contribution is -0.138. The first-order valence-corrected chi connectivity index (χ1v) is 12.0. The number of carbonyl (C=O) groups is 3. The van der Waals surface area contributed by atoms with Gasteiger partial charge in [-0.2, -0.15) is 0 Å². The summed E-state index contributed by atoms with van der Waals surface area (Å²) in [7, 11) is 0. The van der Waals surface area contributed by atoms with Crippen molar-refractivity contribution in [2.75, 3.05) is 26.2 Å². The zero-order chi connectivity index (χ0) is 21.8. The minimum absolute atomic E-state index is 0.0417. The SMILES string of the molecule is Cc1ccccc1C(=O)N[C@@H](C(=O)N1CCCC1)C1CCN(C(=O)C2CCCC2)CC1. The quantitative estimate of drug-likeness (QED) is 0.788. The standard InChI is InChI=1S/C25H35N3O3/c1-18-8-2-5-11-21(18)23(29)26-22(25(31)27-14-6-7-15-27)19-12-16-28(17-13-19)24(30)20-9-3-4-10-20/h2,5,8,11,19-20,22H,3-4,6-7,9-10,12-17H2,1H3,(H,26,29)/t22-/m1/s1. The van der Waals surface area contributed by atoms with Gasteiger partial charge in [0.1, 0.15) is 6.04 Å². The molecule has 1 N–H and O–H groups in total. The van der Waals surface area contributed by atoms with E-state index in [0.29, 0.717) is 24.6 Å². The molecule has 1 aromatic carbocycles. The minimum atomic E-state index is -0.520. The molecule has 1 saturated carbocycles. The Morgan fingerprint density at radius 3 is 2.16 bits per heavy atom. The largest absolute Gasteiger partial charge is 0.342 e. The van der Waals surface area contributed by atoms with Gasteiger partial charge in [-0.1, -0.05) is 31.0 Å². The summed E-state index contributed by atoms with van der Waals surface area (Å²) in [5.74, 6) is 0.412. The Morgan fingerprint density at radius 1 is 0.871 bits per heavy atom. The van der Waals surface area contributed by atoms with Crippen molar-refractivity contribution in [1.29, 1.82) is 0 Å². The third-order valence-electron chi connectivity index (χ3n) is 7.39. The number of nitrogens with zero attached hydrogens (tertiary/aromatic N) is 2. The highest BCUT2D eigenvalue weighted by Crippen LogP contribution is 2.30. The highest BCUT2D eigenvalue weighted by molar-refractivity contribution is 5.98. The number of likely N-dealkylation sites (tertiary alicyclic amines) is 2. The van der Waals surface area contributed by atoms with Gasteiger partial charge in [-0.3, -0.25) is 14.4 Å². The summed E-state index contributed by atoms with van der Waals surface area (Å²) < 4.78 is 0. The lowest BCUT2D eigenvalue weighted by atomic mass is 9.87. The molecule has 3 fully saturated rings. The summed E-state index contributed by atoms with van der Waals surface area (Å²) in [6, 6.07) is 6.97. The topological polar surface area (TPSA) is 69.7 Å². The molecule has 168 valence electrons. The predicted molar refractivity (Wildman–Crippen MR) is 120 cm³/mol. The number of aryl methyl sites for hydroxylation is 1. The number of amides is 3. The molecule has 0 radical (unpaired) electrons. The van der Waals surface area contributed by atoms with Gasteiger partial charge < -0.3 is 15.1 Å². The predicted octanol–water partition coefficient (Wildman–Crippen LogP) is 3.14. The van der Waals surface area contributed by atoms with E-state index in [1.807, 2.05) is 41.0 Å². The van der Waals surface area contributed by atoms with Crippen LogP contribution in [0.15, 0.2) is 24.3 Å². The lowest BCUT2D eigenvalue weighted by Gasteiger charge is -2.38. The Morgan fingerprint density at radius 2 is 1.52 bits per heavy atom. The molecule has 4 rings (SSSR count). The molecule has 2 heterocycles. The van der Waals surface area contributed by atoms with Crippen LogP contribution in [0.4, 0.5) is 0 Å². The molecule has 2 saturated heterocycles. The molecular weight excluding hydrogens is 390 g/mol. The maximum absolute atomic E-state index is 13.4. The summed E-state index contributed by atoms with van der Waals surface area (Å²) in [6.45, 7) is 4.83. The molecule has 1 aromatic rings. The number of carbonyl (C=O) groups excluding carboxylic acids is 3. The van der Waals surface area contributed by atoms with E-state index in [0.717, 1.165) is 70.0 Å². The zero-order valence-electron chi connectivity index (χ0n) is 18.6. The van der Waals surface area contributed by atoms with E-state index in [2.05, 4.69) is 5.32 Å². The fourth-order valence-corrected chi connectivity index (χ4v) is 5.45. The minimum Gasteiger partial charge on any atom is -0.342 e. The van der Waals surface area contributed by atoms with Gasteiger partial charge in [-0.15, -0.1) is 0 Å². The van der Waals surface area contributed by atoms with E-state index in [1.165, 1.54) is 0 Å². The van der Waals surface area contributed by atoms with E-state index in [1.54, 1.807) is 0 Å². The summed E-state index contributed by atoms with van der Waals surface area (Å²) in [4.78, 5) is 43.1. The first-order chi connectivity index (χ1) is 15.0. The first kappa shape index (κ1) is 21.8. The molecule has 0 aromatic heterocycles. The summed E-state index contributed by atoms with van der Waals surface area (Å²) in [5.41, 5.74) is 1.53. The third kappa shape index (κ3) is 4.94. The highest BCUT2D eigenvalue weighted by Gasteiger charge is 2.38. The molecule has 31 heavy (non-hydrogen) atoms. The van der Waals surface area contributed by atoms with Crippen LogP contribution in [-0.2, 0) is 9.59 Å². The Balaban J connectivity index is 1.44. The number of hydrogen-bond donors (Lipinski definition) is 1. The van der Waals surface area contributed by atoms with Crippen molar-refractivity contribution in [3.8, 4) is 0 Å². The molecule has 1 aliphatic carbocycles. The fourth-order valence-electron chi connectivity index (χ4n) is 5.45. The van der Waals surface area contributed by atoms with Crippen molar-refractivity contribution in [3.05, 3.63) is 35.4 Å². The van der Waals surface area contributed by atoms with Crippen LogP contribution < -0.4 is 5.32 Å². The lowest BCUT2D eigenvalue weighted by Crippen LogP contribution is -2.54. The normalized spacial score (nSPS) is 21.3. The number of hydrogen-bond acceptors (Lipinski definition) is 3. The van der Waals surface area contributed by atoms with Crippen LogP contribution in [-0.4, -0.2) is 59.7 Å². The molecule has 0 unspecified atom stereocenters. The molecule has 0 spiro atoms. The van der Waals surface area contributed by atoms with Gasteiger partial charge in [-0.05, 0) is 63.0 Å². The van der Waals surface area contributed by atoms with Gasteiger partial charge >= 0.3 is 0 Å². The molecule has 3 amide bonds. The molecule has 0 bridgehead atoms. The Labute approximate surface area is 185 Å². The van der Waals surface area contributed by atoms with E-state index in [-0.39, 0.29) is 23.7 Å². The molecule has 6 nitrogen and oxygen atoms in total. The molecule has 3 aliphatic rings. The Kier molecular flexibility index (Phi) is 6.93. The van der Waals surface area contributed by atoms with Crippen LogP contribution >= 0.6 is 0 Å². The second-order valence-corrected chi connectivity index (χ2v) is 9.44. The third-order valence-corrected chi connectivity index (χ3v) is 7.39. The summed E-state index contributed by atoms with van der Waals surface area (Å²) in [6.07, 6.45) is 7.92. The van der Waals surface area contributed by atoms with Crippen molar-refractivity contribution in [3.63, 3.8) is 0 Å². The van der Waals surface area contributed by atoms with Crippen LogP contribution in [0.3, 0.4) is 0 Å². The average molecular weight is 426 g/mol. The summed E-state index contributed by atoms with van der Waals surface area (Å²) in [5, 5.41) is 3.09. The van der Waals surface area contributed by atoms with Crippen LogP contribution in [0.25, 0.3) is 0 Å². The van der Waals surface area contributed by atoms with Gasteiger partial charge in [0.25, 0.3) is 5.91 Å². The van der Waals surface area contributed by atoms with Crippen LogP contribution in [0.5, 0.6) is 0 Å². The maximum atomic E-state index is 13.4. The molecule has 6 heteroatoms. The molecule has 1 atom stereocenters. The van der Waals surface area contributed by atoms with Crippen molar-refractivity contribution in [1.82, 2.24) is 15.1 Å². The highest BCUT2D eigenvalue weighted by atomic mass is 16.2. The number of benzene rings is 1. The van der Waals surface area contributed by atoms with Gasteiger partial charge in [0, 0.05) is 37.7 Å². The van der Waals surface area contributed by atoms with E-state index in [4.69, 9.17) is 0 Å². The molecule has 2 aliphatic heterocycles. The van der Waals surface area contributed by atoms with Crippen molar-refractivity contribution >= 4 is 17.7 Å². The Hall–Kier alpha value is -2.37. The number of piperidine rings is 1. The fraction of sp³-hybridized carbons (Fsp3) is 0.640. The second-order valence-electron chi connectivity index (χ2n) is 9.44. The van der Waals surface area contributed by atoms with Crippen molar-refractivity contribution in [2.24, 2.45) is 11.8 Å². The van der Waals surface area contributed by atoms with Crippen molar-refractivity contribution in [2.45, 2.75) is 64.3 Å². The summed E-state index contributed by atoms with van der Waals surface area (Å²) >= 11 is 0. The average Bonchev–Trinajstić information content (AvgIpc) is 3.51. The van der Waals surface area contributed by atoms with Crippen molar-refractivity contribution < 1.29 is 14.4 Å². The first-order valence-electron chi connectivity index (χ1n) is 12.0. The zero-order valence-corrected chi connectivity index (χ0v) is 18.6. The van der Waals surface area contributed by atoms with Crippen LogP contribution in [0.2, 0.25) is 0 Å². The van der Waals surface area contributed by atoms with Gasteiger partial charge in [-0.25, -0.2) is 0 Å². The number of nitrogens with one attached hydrogen (secondary N) is 1. The van der Waals surface area contributed by atoms with Gasteiger partial charge in [0.2, 0.25) is 11.8 Å². The van der Waals surface area contributed by atoms with Gasteiger partial charge in [0.05, 0.1) is 0 Å². The number of rotatable bonds is 5. The van der Waals surface area contributed by atoms with E-state index < -0.39 is 6.04 Å². The van der Waals surface area contributed by atoms with Crippen LogP contribution in [0.1, 0.15) is 67.3 Å². The maximum Gasteiger partial charge on any atom is 0.252 e. The monoisotopic (exact) mass is 425 g/mol. The van der Waals surface area contributed by atoms with E-state index in [9.17, 15) is 14.4 Å². The Bertz CT molecular complexity index is 804. The molecular formula is C25H35N3O3. The second kappa shape index (κ2) is 9.84. The van der Waals surface area contributed by atoms with Crippen LogP contribution in [0, 0.1) is 18.8 Å². The van der Waals surface area contributed by atoms with E-state index >= 15 is 0 Å². The smallest absolute Gasteiger partial charge is 0.252 e.